The fourth-order valence-electron chi connectivity index (χ4n) is 10.9. The molecule has 1 heterocycles. The van der Waals surface area contributed by atoms with Crippen LogP contribution in [0.1, 0.15) is 118 Å². The molecule has 10 atom stereocenters. The molecule has 210 valence electrons. The van der Waals surface area contributed by atoms with Gasteiger partial charge in [0.15, 0.2) is 0 Å². The second-order valence-corrected chi connectivity index (χ2v) is 14.3. The summed E-state index contributed by atoms with van der Waals surface area (Å²) in [6.45, 7) is 11.0. The summed E-state index contributed by atoms with van der Waals surface area (Å²) in [5.41, 5.74) is 0.663. The normalized spacial score (nSPS) is 47.7. The van der Waals surface area contributed by atoms with Crippen LogP contribution in [-0.4, -0.2) is 36.4 Å². The van der Waals surface area contributed by atoms with Crippen LogP contribution in [0.2, 0.25) is 0 Å². The quantitative estimate of drug-likeness (QED) is 0.307. The molecule has 1 aliphatic heterocycles. The van der Waals surface area contributed by atoms with Crippen molar-refractivity contribution in [2.75, 3.05) is 13.2 Å². The molecule has 5 aliphatic carbocycles. The minimum absolute atomic E-state index is 0.113. The van der Waals surface area contributed by atoms with Gasteiger partial charge in [0, 0.05) is 6.42 Å². The Balaban J connectivity index is 0.000000237. The van der Waals surface area contributed by atoms with Crippen molar-refractivity contribution in [1.29, 1.82) is 0 Å². The Morgan fingerprint density at radius 2 is 1.59 bits per heavy atom. The molecule has 5 nitrogen and oxygen atoms in total. The standard InChI is InChI=1S/C25H40O2.C7H12O3/c1-16-6-4-12-23(2)18(16)10-14-24(3)19-11-15-25(22(26)27)13-5-7-20(25)17(19)8-9-21(23)24;1-2-3-7(8)10-5-6-4-9-6/h16-21H,4-15H2,1-3H3,(H,26,27);6H,2-5H2,1H3. The summed E-state index contributed by atoms with van der Waals surface area (Å²) in [5.74, 6) is 4.11. The van der Waals surface area contributed by atoms with E-state index >= 15 is 0 Å². The zero-order valence-corrected chi connectivity index (χ0v) is 23.9. The Morgan fingerprint density at radius 3 is 2.30 bits per heavy atom. The molecule has 10 unspecified atom stereocenters. The van der Waals surface area contributed by atoms with Crippen LogP contribution in [0, 0.1) is 51.8 Å². The van der Waals surface area contributed by atoms with Gasteiger partial charge in [-0.05, 0) is 111 Å². The maximum Gasteiger partial charge on any atom is 0.309 e. The summed E-state index contributed by atoms with van der Waals surface area (Å²) in [5, 5.41) is 10.1. The molecule has 37 heavy (non-hydrogen) atoms. The predicted octanol–water partition coefficient (Wildman–Crippen LogP) is 7.26. The van der Waals surface area contributed by atoms with Crippen LogP contribution >= 0.6 is 0 Å². The number of fused-ring (bicyclic) bond motifs is 7. The number of hydrogen-bond acceptors (Lipinski definition) is 4. The van der Waals surface area contributed by atoms with Gasteiger partial charge in [0.2, 0.25) is 0 Å². The highest BCUT2D eigenvalue weighted by Crippen LogP contribution is 2.71. The smallest absolute Gasteiger partial charge is 0.309 e. The highest BCUT2D eigenvalue weighted by Gasteiger charge is 2.65. The lowest BCUT2D eigenvalue weighted by atomic mass is 9.38. The fraction of sp³-hybridized carbons (Fsp3) is 0.938. The van der Waals surface area contributed by atoms with E-state index < -0.39 is 5.97 Å². The molecule has 6 rings (SSSR count). The molecule has 5 saturated carbocycles. The summed E-state index contributed by atoms with van der Waals surface area (Å²) >= 11 is 0. The monoisotopic (exact) mass is 516 g/mol. The summed E-state index contributed by atoms with van der Waals surface area (Å²) in [6, 6.07) is 0. The Labute approximate surface area is 224 Å². The number of carbonyl (C=O) groups excluding carboxylic acids is 1. The number of aliphatic carboxylic acids is 1. The zero-order chi connectivity index (χ0) is 26.4. The van der Waals surface area contributed by atoms with E-state index in [9.17, 15) is 14.7 Å². The second kappa shape index (κ2) is 10.5. The maximum absolute atomic E-state index is 12.3. The Hall–Kier alpha value is -1.10. The van der Waals surface area contributed by atoms with E-state index in [1.165, 1.54) is 57.8 Å². The molecule has 1 saturated heterocycles. The number of hydrogen-bond donors (Lipinski definition) is 1. The zero-order valence-electron chi connectivity index (χ0n) is 23.9. The van der Waals surface area contributed by atoms with Crippen molar-refractivity contribution in [3.63, 3.8) is 0 Å². The number of epoxide rings is 1. The van der Waals surface area contributed by atoms with Gasteiger partial charge in [0.1, 0.15) is 12.7 Å². The average molecular weight is 517 g/mol. The van der Waals surface area contributed by atoms with Gasteiger partial charge in [-0.25, -0.2) is 0 Å². The molecular formula is C32H52O5. The molecule has 6 fully saturated rings. The summed E-state index contributed by atoms with van der Waals surface area (Å²) in [4.78, 5) is 23.0. The number of rotatable bonds is 5. The van der Waals surface area contributed by atoms with Crippen molar-refractivity contribution in [1.82, 2.24) is 0 Å². The van der Waals surface area contributed by atoms with Crippen molar-refractivity contribution >= 4 is 11.9 Å². The van der Waals surface area contributed by atoms with Crippen LogP contribution in [0.25, 0.3) is 0 Å². The average Bonchev–Trinajstić information content (AvgIpc) is 3.58. The molecule has 0 aromatic heterocycles. The van der Waals surface area contributed by atoms with Crippen LogP contribution in [0.15, 0.2) is 0 Å². The van der Waals surface area contributed by atoms with Gasteiger partial charge in [0.25, 0.3) is 0 Å². The molecule has 0 bridgehead atoms. The van der Waals surface area contributed by atoms with Gasteiger partial charge < -0.3 is 14.6 Å². The van der Waals surface area contributed by atoms with Crippen LogP contribution in [0.5, 0.6) is 0 Å². The number of ether oxygens (including phenoxy) is 2. The van der Waals surface area contributed by atoms with Crippen LogP contribution < -0.4 is 0 Å². The van der Waals surface area contributed by atoms with Crippen LogP contribution in [0.4, 0.5) is 0 Å². The van der Waals surface area contributed by atoms with Gasteiger partial charge >= 0.3 is 11.9 Å². The molecule has 0 spiro atoms. The highest BCUT2D eigenvalue weighted by atomic mass is 16.6. The van der Waals surface area contributed by atoms with Gasteiger partial charge in [-0.15, -0.1) is 0 Å². The maximum atomic E-state index is 12.3. The van der Waals surface area contributed by atoms with Crippen molar-refractivity contribution in [2.24, 2.45) is 51.8 Å². The topological polar surface area (TPSA) is 76.1 Å². The van der Waals surface area contributed by atoms with Gasteiger partial charge in [-0.3, -0.25) is 9.59 Å². The number of esters is 1. The molecule has 6 aliphatic rings. The summed E-state index contributed by atoms with van der Waals surface area (Å²) in [7, 11) is 0. The van der Waals surface area contributed by atoms with Crippen molar-refractivity contribution < 1.29 is 24.2 Å². The lowest BCUT2D eigenvalue weighted by Gasteiger charge is -2.67. The molecule has 0 aromatic rings. The third-order valence-corrected chi connectivity index (χ3v) is 12.6. The molecule has 5 heteroatoms. The Kier molecular flexibility index (Phi) is 7.77. The summed E-state index contributed by atoms with van der Waals surface area (Å²) in [6.07, 6.45) is 16.9. The van der Waals surface area contributed by atoms with Crippen molar-refractivity contribution in [3.05, 3.63) is 0 Å². The second-order valence-electron chi connectivity index (χ2n) is 14.3. The van der Waals surface area contributed by atoms with Gasteiger partial charge in [-0.2, -0.15) is 0 Å². The lowest BCUT2D eigenvalue weighted by Crippen LogP contribution is -2.60. The van der Waals surface area contributed by atoms with Crippen LogP contribution in [0.3, 0.4) is 0 Å². The highest BCUT2D eigenvalue weighted by molar-refractivity contribution is 5.75. The third kappa shape index (κ3) is 4.78. The first kappa shape index (κ1) is 27.5. The lowest BCUT2D eigenvalue weighted by molar-refractivity contribution is -0.190. The van der Waals surface area contributed by atoms with E-state index in [0.29, 0.717) is 35.7 Å². The third-order valence-electron chi connectivity index (χ3n) is 12.6. The Bertz CT molecular complexity index is 852. The Morgan fingerprint density at radius 1 is 0.892 bits per heavy atom. The minimum Gasteiger partial charge on any atom is -0.481 e. The largest absolute Gasteiger partial charge is 0.481 e. The van der Waals surface area contributed by atoms with Gasteiger partial charge in [-0.1, -0.05) is 47.0 Å². The number of carboxylic acid groups (broad SMARTS) is 1. The SMILES string of the molecule is CC1CCCC2(C)C1CCC1(C)C3CCC4(C(=O)O)CCCC4C3CCC21.CCCC(=O)OCC1CO1. The van der Waals surface area contributed by atoms with Crippen LogP contribution in [-0.2, 0) is 19.1 Å². The fourth-order valence-corrected chi connectivity index (χ4v) is 10.9. The predicted molar refractivity (Wildman–Crippen MR) is 144 cm³/mol. The number of carbonyl (C=O) groups is 2. The van der Waals surface area contributed by atoms with E-state index in [2.05, 4.69) is 20.8 Å². The van der Waals surface area contributed by atoms with E-state index in [1.54, 1.807) is 0 Å². The summed E-state index contributed by atoms with van der Waals surface area (Å²) < 4.78 is 9.70. The molecule has 1 N–H and O–H groups in total. The van der Waals surface area contributed by atoms with E-state index in [4.69, 9.17) is 9.47 Å². The van der Waals surface area contributed by atoms with E-state index in [-0.39, 0.29) is 17.5 Å². The van der Waals surface area contributed by atoms with Crippen molar-refractivity contribution in [2.45, 2.75) is 124 Å². The first-order chi connectivity index (χ1) is 17.7. The molecule has 0 radical (unpaired) electrons. The minimum atomic E-state index is -0.465. The molecule has 0 aromatic carbocycles. The van der Waals surface area contributed by atoms with E-state index in [1.807, 2.05) is 6.92 Å². The first-order valence-corrected chi connectivity index (χ1v) is 15.7. The number of carboxylic acids is 1. The van der Waals surface area contributed by atoms with Gasteiger partial charge in [0.05, 0.1) is 12.0 Å². The van der Waals surface area contributed by atoms with E-state index in [0.717, 1.165) is 56.0 Å². The first-order valence-electron chi connectivity index (χ1n) is 15.7. The van der Waals surface area contributed by atoms with Crippen molar-refractivity contribution in [3.8, 4) is 0 Å². The molecule has 0 amide bonds. The molecular weight excluding hydrogens is 464 g/mol.